The van der Waals surface area contributed by atoms with Gasteiger partial charge in [0.1, 0.15) is 5.75 Å². The predicted molar refractivity (Wildman–Crippen MR) is 87.9 cm³/mol. The molecule has 0 unspecified atom stereocenters. The molecular weight excluding hydrogens is 296 g/mol. The quantitative estimate of drug-likeness (QED) is 0.654. The van der Waals surface area contributed by atoms with E-state index in [-0.39, 0.29) is 11.3 Å². The minimum atomic E-state index is -1.05. The molecule has 2 aromatic rings. The van der Waals surface area contributed by atoms with Crippen LogP contribution in [0.1, 0.15) is 16.7 Å². The number of carboxylic acid groups (broad SMARTS) is 1. The Morgan fingerprint density at radius 1 is 1.04 bits per heavy atom. The van der Waals surface area contributed by atoms with E-state index < -0.39 is 5.97 Å². The average Bonchev–Trinajstić information content (AvgIpc) is 2.52. The van der Waals surface area contributed by atoms with Crippen LogP contribution in [0.2, 0.25) is 0 Å². The number of carbonyl (C=O) groups is 1. The van der Waals surface area contributed by atoms with Gasteiger partial charge < -0.3 is 19.7 Å². The zero-order chi connectivity index (χ0) is 17.0. The number of carboxylic acids is 1. The third-order valence-electron chi connectivity index (χ3n) is 3.45. The summed E-state index contributed by atoms with van der Waals surface area (Å²) in [4.78, 5) is 11.6. The van der Waals surface area contributed by atoms with Gasteiger partial charge in [0.15, 0.2) is 11.5 Å². The van der Waals surface area contributed by atoms with Crippen LogP contribution in [0.15, 0.2) is 36.4 Å². The lowest BCUT2D eigenvalue weighted by atomic mass is 10.0. The predicted octanol–water partition coefficient (Wildman–Crippen LogP) is 3.34. The molecular formula is C18H18O5. The number of ether oxygens (including phenoxy) is 2. The molecule has 0 aliphatic heterocycles. The zero-order valence-electron chi connectivity index (χ0n) is 13.2. The van der Waals surface area contributed by atoms with E-state index in [2.05, 4.69) is 0 Å². The van der Waals surface area contributed by atoms with Gasteiger partial charge in [-0.05, 0) is 54.0 Å². The van der Waals surface area contributed by atoms with Gasteiger partial charge >= 0.3 is 5.97 Å². The molecule has 0 saturated heterocycles. The van der Waals surface area contributed by atoms with Crippen molar-refractivity contribution in [3.8, 4) is 17.2 Å². The normalized spacial score (nSPS) is 11.2. The Hall–Kier alpha value is -2.95. The molecule has 5 nitrogen and oxygen atoms in total. The molecule has 120 valence electrons. The average molecular weight is 314 g/mol. The molecule has 0 radical (unpaired) electrons. The number of methoxy groups -OCH3 is 2. The lowest BCUT2D eigenvalue weighted by Crippen LogP contribution is -2.00. The van der Waals surface area contributed by atoms with E-state index in [1.54, 1.807) is 37.4 Å². The first-order chi connectivity index (χ1) is 11.0. The number of aromatic hydroxyl groups is 1. The molecule has 0 fully saturated rings. The van der Waals surface area contributed by atoms with Gasteiger partial charge in [-0.25, -0.2) is 4.79 Å². The van der Waals surface area contributed by atoms with Crippen LogP contribution in [0.4, 0.5) is 0 Å². The highest BCUT2D eigenvalue weighted by Gasteiger charge is 2.13. The van der Waals surface area contributed by atoms with Crippen LogP contribution in [-0.4, -0.2) is 30.4 Å². The Bertz CT molecular complexity index is 762. The van der Waals surface area contributed by atoms with Gasteiger partial charge in [0, 0.05) is 0 Å². The largest absolute Gasteiger partial charge is 0.504 e. The minimum absolute atomic E-state index is 0.0445. The van der Waals surface area contributed by atoms with Crippen LogP contribution in [0, 0.1) is 6.92 Å². The second-order valence-electron chi connectivity index (χ2n) is 4.98. The summed E-state index contributed by atoms with van der Waals surface area (Å²) in [5, 5.41) is 19.3. The first kappa shape index (κ1) is 16.4. The van der Waals surface area contributed by atoms with Gasteiger partial charge in [-0.1, -0.05) is 12.1 Å². The lowest BCUT2D eigenvalue weighted by molar-refractivity contribution is -0.130. The molecule has 2 N–H and O–H groups in total. The van der Waals surface area contributed by atoms with E-state index >= 15 is 0 Å². The van der Waals surface area contributed by atoms with Crippen LogP contribution in [0.3, 0.4) is 0 Å². The van der Waals surface area contributed by atoms with Gasteiger partial charge in [-0.2, -0.15) is 0 Å². The van der Waals surface area contributed by atoms with Gasteiger partial charge in [-0.3, -0.25) is 0 Å². The topological polar surface area (TPSA) is 76.0 Å². The minimum Gasteiger partial charge on any atom is -0.504 e. The number of hydrogen-bond donors (Lipinski definition) is 2. The summed E-state index contributed by atoms with van der Waals surface area (Å²) in [7, 11) is 3.02. The Morgan fingerprint density at radius 3 is 2.22 bits per heavy atom. The highest BCUT2D eigenvalue weighted by Crippen LogP contribution is 2.29. The van der Waals surface area contributed by atoms with Gasteiger partial charge in [0.2, 0.25) is 0 Å². The van der Waals surface area contributed by atoms with E-state index in [1.807, 2.05) is 6.92 Å². The third-order valence-corrected chi connectivity index (χ3v) is 3.45. The SMILES string of the molecule is COc1ccc(/C(=C/c2ccc(OC)c(O)c2)C(=O)O)cc1C. The molecule has 23 heavy (non-hydrogen) atoms. The maximum atomic E-state index is 11.6. The number of rotatable bonds is 5. The molecule has 2 aromatic carbocycles. The summed E-state index contributed by atoms with van der Waals surface area (Å²) >= 11 is 0. The van der Waals surface area contributed by atoms with Gasteiger partial charge in [0.25, 0.3) is 0 Å². The summed E-state index contributed by atoms with van der Waals surface area (Å²) in [5.74, 6) is -0.0679. The number of hydrogen-bond acceptors (Lipinski definition) is 4. The van der Waals surface area contributed by atoms with E-state index in [0.29, 0.717) is 22.6 Å². The van der Waals surface area contributed by atoms with Gasteiger partial charge in [-0.15, -0.1) is 0 Å². The maximum Gasteiger partial charge on any atom is 0.336 e. The first-order valence-electron chi connectivity index (χ1n) is 6.93. The van der Waals surface area contributed by atoms with Crippen molar-refractivity contribution < 1.29 is 24.5 Å². The Morgan fingerprint density at radius 2 is 1.70 bits per heavy atom. The molecule has 0 heterocycles. The summed E-state index contributed by atoms with van der Waals surface area (Å²) in [6.45, 7) is 1.85. The van der Waals surface area contributed by atoms with Crippen molar-refractivity contribution in [1.82, 2.24) is 0 Å². The monoisotopic (exact) mass is 314 g/mol. The third kappa shape index (κ3) is 3.63. The van der Waals surface area contributed by atoms with E-state index in [9.17, 15) is 15.0 Å². The number of benzene rings is 2. The molecule has 0 amide bonds. The fourth-order valence-corrected chi connectivity index (χ4v) is 2.28. The molecule has 0 spiro atoms. The molecule has 0 bridgehead atoms. The maximum absolute atomic E-state index is 11.6. The summed E-state index contributed by atoms with van der Waals surface area (Å²) < 4.78 is 10.2. The van der Waals surface area contributed by atoms with Crippen molar-refractivity contribution in [2.24, 2.45) is 0 Å². The lowest BCUT2D eigenvalue weighted by Gasteiger charge is -2.09. The van der Waals surface area contributed by atoms with Crippen LogP contribution >= 0.6 is 0 Å². The summed E-state index contributed by atoms with van der Waals surface area (Å²) in [6, 6.07) is 9.89. The molecule has 2 rings (SSSR count). The van der Waals surface area contributed by atoms with Crippen molar-refractivity contribution in [3.63, 3.8) is 0 Å². The fraction of sp³-hybridized carbons (Fsp3) is 0.167. The summed E-state index contributed by atoms with van der Waals surface area (Å²) in [6.07, 6.45) is 1.50. The first-order valence-corrected chi connectivity index (χ1v) is 6.93. The smallest absolute Gasteiger partial charge is 0.336 e. The molecule has 0 atom stereocenters. The Balaban J connectivity index is 2.48. The summed E-state index contributed by atoms with van der Waals surface area (Å²) in [5.41, 5.74) is 2.09. The van der Waals surface area contributed by atoms with E-state index in [4.69, 9.17) is 9.47 Å². The zero-order valence-corrected chi connectivity index (χ0v) is 13.2. The van der Waals surface area contributed by atoms with E-state index in [1.165, 1.54) is 19.3 Å². The molecule has 5 heteroatoms. The van der Waals surface area contributed by atoms with E-state index in [0.717, 1.165) is 5.56 Å². The second-order valence-corrected chi connectivity index (χ2v) is 4.98. The number of phenols is 1. The number of phenolic OH excluding ortho intramolecular Hbond substituents is 1. The van der Waals surface area contributed by atoms with Crippen molar-refractivity contribution >= 4 is 17.6 Å². The second kappa shape index (κ2) is 6.87. The standard InChI is InChI=1S/C18H18O5/c1-11-8-13(5-7-16(11)22-2)14(18(20)21)9-12-4-6-17(23-3)15(19)10-12/h4-10,19H,1-3H3,(H,20,21)/b14-9-. The van der Waals surface area contributed by atoms with Crippen molar-refractivity contribution in [2.75, 3.05) is 14.2 Å². The van der Waals surface area contributed by atoms with Crippen molar-refractivity contribution in [1.29, 1.82) is 0 Å². The Kier molecular flexibility index (Phi) is 4.91. The fourth-order valence-electron chi connectivity index (χ4n) is 2.28. The number of aliphatic carboxylic acids is 1. The van der Waals surface area contributed by atoms with Gasteiger partial charge in [0.05, 0.1) is 19.8 Å². The van der Waals surface area contributed by atoms with Crippen LogP contribution < -0.4 is 9.47 Å². The van der Waals surface area contributed by atoms with Crippen LogP contribution in [0.5, 0.6) is 17.2 Å². The molecule has 0 aliphatic rings. The Labute approximate surface area is 134 Å². The molecule has 0 saturated carbocycles. The van der Waals surface area contributed by atoms with Crippen molar-refractivity contribution in [2.45, 2.75) is 6.92 Å². The van der Waals surface area contributed by atoms with Crippen LogP contribution in [0.25, 0.3) is 11.6 Å². The molecule has 0 aromatic heterocycles. The highest BCUT2D eigenvalue weighted by molar-refractivity contribution is 6.20. The number of aryl methyl sites for hydroxylation is 1. The highest BCUT2D eigenvalue weighted by atomic mass is 16.5. The van der Waals surface area contributed by atoms with Crippen molar-refractivity contribution in [3.05, 3.63) is 53.1 Å². The van der Waals surface area contributed by atoms with Crippen LogP contribution in [-0.2, 0) is 4.79 Å². The molecule has 0 aliphatic carbocycles.